The average Bonchev–Trinajstić information content (AvgIpc) is 2.38. The lowest BCUT2D eigenvalue weighted by atomic mass is 10.1. The molecule has 0 aliphatic rings. The summed E-state index contributed by atoms with van der Waals surface area (Å²) in [5, 5.41) is 19.4. The van der Waals surface area contributed by atoms with E-state index in [2.05, 4.69) is 26.2 Å². The van der Waals surface area contributed by atoms with E-state index >= 15 is 0 Å². The molecule has 1 aromatic rings. The number of hydrogen-bond donors (Lipinski definition) is 1. The van der Waals surface area contributed by atoms with E-state index in [9.17, 15) is 13.2 Å². The Labute approximate surface area is 125 Å². The number of rotatable bonds is 1. The third-order valence-electron chi connectivity index (χ3n) is 2.07. The van der Waals surface area contributed by atoms with Gasteiger partial charge in [0, 0.05) is 4.47 Å². The van der Waals surface area contributed by atoms with Crippen molar-refractivity contribution in [3.8, 4) is 12.3 Å². The third kappa shape index (κ3) is 3.89. The Hall–Kier alpha value is -1.71. The van der Waals surface area contributed by atoms with E-state index in [1.165, 1.54) is 6.07 Å². The quantitative estimate of drug-likeness (QED) is 0.357. The Morgan fingerprint density at radius 2 is 2.05 bits per heavy atom. The predicted molar refractivity (Wildman–Crippen MR) is 73.2 cm³/mol. The molecule has 1 N–H and O–H groups in total. The number of alkyl halides is 3. The van der Waals surface area contributed by atoms with Gasteiger partial charge in [-0.25, -0.2) is 4.99 Å². The van der Waals surface area contributed by atoms with E-state index in [1.807, 2.05) is 0 Å². The molecule has 0 bridgehead atoms. The van der Waals surface area contributed by atoms with Crippen molar-refractivity contribution in [1.29, 1.82) is 10.5 Å². The number of aliphatic imine (C=N–C) groups is 1. The molecule has 0 aliphatic heterocycles. The minimum absolute atomic E-state index is 0.0170. The first-order valence-electron chi connectivity index (χ1n) is 4.92. The maximum Gasteiger partial charge on any atom is 0.418 e. The highest BCUT2D eigenvalue weighted by atomic mass is 79.9. The molecule has 0 heterocycles. The van der Waals surface area contributed by atoms with Crippen LogP contribution in [-0.4, -0.2) is 11.4 Å². The molecule has 0 radical (unpaired) electrons. The number of nitrogens with one attached hydrogen (secondary N) is 1. The molecule has 4 nitrogen and oxygen atoms in total. The van der Waals surface area contributed by atoms with Gasteiger partial charge in [-0.05, 0) is 34.3 Å². The molecule has 0 amide bonds. The molecule has 1 aromatic carbocycles. The standard InChI is InChI=1S/C11H6BrF3N4S/c1-20-10(18-5-17)19-9-7(11(13,14)15)2-6(4-16)3-8(9)12/h2-3H,1H3,(H,18,19). The molecule has 0 aliphatic carbocycles. The number of hydrogen-bond acceptors (Lipinski definition) is 4. The van der Waals surface area contributed by atoms with Crippen LogP contribution in [-0.2, 0) is 6.18 Å². The van der Waals surface area contributed by atoms with Gasteiger partial charge in [-0.1, -0.05) is 11.8 Å². The van der Waals surface area contributed by atoms with Gasteiger partial charge in [0.15, 0.2) is 11.4 Å². The maximum absolute atomic E-state index is 13.0. The lowest BCUT2D eigenvalue weighted by Gasteiger charge is -2.12. The van der Waals surface area contributed by atoms with Gasteiger partial charge in [0.1, 0.15) is 0 Å². The van der Waals surface area contributed by atoms with Crippen molar-refractivity contribution in [3.05, 3.63) is 27.7 Å². The molecule has 9 heteroatoms. The summed E-state index contributed by atoms with van der Waals surface area (Å²) in [6, 6.07) is 3.60. The van der Waals surface area contributed by atoms with Crippen molar-refractivity contribution < 1.29 is 13.2 Å². The first kappa shape index (κ1) is 16.3. The molecule has 0 aromatic heterocycles. The summed E-state index contributed by atoms with van der Waals surface area (Å²) in [7, 11) is 0. The Morgan fingerprint density at radius 3 is 2.50 bits per heavy atom. The first-order valence-corrected chi connectivity index (χ1v) is 6.94. The van der Waals surface area contributed by atoms with E-state index in [0.717, 1.165) is 11.8 Å². The van der Waals surface area contributed by atoms with Crippen molar-refractivity contribution in [2.45, 2.75) is 6.18 Å². The second-order valence-electron chi connectivity index (χ2n) is 3.32. The molecule has 0 saturated heterocycles. The lowest BCUT2D eigenvalue weighted by Crippen LogP contribution is -2.14. The second-order valence-corrected chi connectivity index (χ2v) is 4.97. The minimum atomic E-state index is -4.66. The normalized spacial score (nSPS) is 11.7. The van der Waals surface area contributed by atoms with E-state index in [4.69, 9.17) is 10.5 Å². The fraction of sp³-hybridized carbons (Fsp3) is 0.182. The monoisotopic (exact) mass is 362 g/mol. The van der Waals surface area contributed by atoms with E-state index in [-0.39, 0.29) is 20.9 Å². The molecule has 20 heavy (non-hydrogen) atoms. The summed E-state index contributed by atoms with van der Waals surface area (Å²) < 4.78 is 39.0. The smallest absolute Gasteiger partial charge is 0.271 e. The van der Waals surface area contributed by atoms with Gasteiger partial charge >= 0.3 is 6.18 Å². The van der Waals surface area contributed by atoms with Crippen LogP contribution < -0.4 is 5.32 Å². The van der Waals surface area contributed by atoms with Crippen LogP contribution in [0.15, 0.2) is 21.6 Å². The van der Waals surface area contributed by atoms with E-state index in [1.54, 1.807) is 18.5 Å². The minimum Gasteiger partial charge on any atom is -0.271 e. The average molecular weight is 363 g/mol. The number of halogens is 4. The summed E-state index contributed by atoms with van der Waals surface area (Å²) in [4.78, 5) is 3.78. The zero-order chi connectivity index (χ0) is 15.3. The Bertz CT molecular complexity index is 628. The van der Waals surface area contributed by atoms with Crippen LogP contribution in [0, 0.1) is 22.8 Å². The number of amidine groups is 1. The van der Waals surface area contributed by atoms with Crippen LogP contribution in [0.4, 0.5) is 18.9 Å². The van der Waals surface area contributed by atoms with Crippen LogP contribution in [0.1, 0.15) is 11.1 Å². The highest BCUT2D eigenvalue weighted by Crippen LogP contribution is 2.41. The van der Waals surface area contributed by atoms with Crippen molar-refractivity contribution in [2.24, 2.45) is 4.99 Å². The second kappa shape index (κ2) is 6.64. The highest BCUT2D eigenvalue weighted by molar-refractivity contribution is 9.10. The first-order chi connectivity index (χ1) is 9.33. The number of nitrogens with zero attached hydrogens (tertiary/aromatic N) is 3. The molecule has 1 rings (SSSR count). The van der Waals surface area contributed by atoms with Crippen molar-refractivity contribution in [3.63, 3.8) is 0 Å². The number of nitriles is 2. The van der Waals surface area contributed by atoms with Crippen molar-refractivity contribution in [2.75, 3.05) is 6.26 Å². The Balaban J connectivity index is 3.54. The molecular weight excluding hydrogens is 357 g/mol. The highest BCUT2D eigenvalue weighted by Gasteiger charge is 2.35. The van der Waals surface area contributed by atoms with E-state index in [0.29, 0.717) is 6.07 Å². The summed E-state index contributed by atoms with van der Waals surface area (Å²) >= 11 is 3.95. The van der Waals surface area contributed by atoms with Crippen LogP contribution in [0.25, 0.3) is 0 Å². The van der Waals surface area contributed by atoms with Crippen LogP contribution in [0.3, 0.4) is 0 Å². The molecule has 0 spiro atoms. The number of benzene rings is 1. The largest absolute Gasteiger partial charge is 0.418 e. The summed E-state index contributed by atoms with van der Waals surface area (Å²) in [5.41, 5.74) is -1.57. The van der Waals surface area contributed by atoms with Crippen molar-refractivity contribution in [1.82, 2.24) is 5.32 Å². The van der Waals surface area contributed by atoms with Crippen LogP contribution in [0.2, 0.25) is 0 Å². The van der Waals surface area contributed by atoms with Crippen LogP contribution >= 0.6 is 27.7 Å². The van der Waals surface area contributed by atoms with Crippen molar-refractivity contribution >= 4 is 38.5 Å². The molecule has 0 atom stereocenters. The molecular formula is C11H6BrF3N4S. The van der Waals surface area contributed by atoms with Gasteiger partial charge in [-0.2, -0.15) is 23.7 Å². The number of thioether (sulfide) groups is 1. The molecule has 0 fully saturated rings. The van der Waals surface area contributed by atoms with Gasteiger partial charge in [0.2, 0.25) is 0 Å². The van der Waals surface area contributed by atoms with Gasteiger partial charge in [0.25, 0.3) is 0 Å². The Morgan fingerprint density at radius 1 is 1.40 bits per heavy atom. The molecule has 0 unspecified atom stereocenters. The van der Waals surface area contributed by atoms with Gasteiger partial charge in [0.05, 0.1) is 22.9 Å². The molecule has 104 valence electrons. The van der Waals surface area contributed by atoms with Crippen LogP contribution in [0.5, 0.6) is 0 Å². The Kier molecular flexibility index (Phi) is 5.43. The summed E-state index contributed by atoms with van der Waals surface area (Å²) in [5.74, 6) is 0. The fourth-order valence-electron chi connectivity index (χ4n) is 1.27. The van der Waals surface area contributed by atoms with E-state index < -0.39 is 11.7 Å². The maximum atomic E-state index is 13.0. The molecule has 0 saturated carbocycles. The zero-order valence-corrected chi connectivity index (χ0v) is 12.3. The van der Waals surface area contributed by atoms with Gasteiger partial charge < -0.3 is 0 Å². The summed E-state index contributed by atoms with van der Waals surface area (Å²) in [6.45, 7) is 0. The summed E-state index contributed by atoms with van der Waals surface area (Å²) in [6.07, 6.45) is -1.51. The van der Waals surface area contributed by atoms with Gasteiger partial charge in [-0.3, -0.25) is 5.32 Å². The topological polar surface area (TPSA) is 72.0 Å². The van der Waals surface area contributed by atoms with Gasteiger partial charge in [-0.15, -0.1) is 0 Å². The fourth-order valence-corrected chi connectivity index (χ4v) is 2.15. The lowest BCUT2D eigenvalue weighted by molar-refractivity contribution is -0.137. The predicted octanol–water partition coefficient (Wildman–Crippen LogP) is 3.76. The zero-order valence-electron chi connectivity index (χ0n) is 9.92. The third-order valence-corrected chi connectivity index (χ3v) is 3.25. The SMILES string of the molecule is CSC(=Nc1c(Br)cc(C#N)cc1C(F)(F)F)NC#N.